The molecule has 9 heteroatoms. The second-order valence-electron chi connectivity index (χ2n) is 11.5. The summed E-state index contributed by atoms with van der Waals surface area (Å²) in [5, 5.41) is 9.33. The molecule has 0 radical (unpaired) electrons. The maximum atomic E-state index is 13.3. The molecule has 2 heterocycles. The van der Waals surface area contributed by atoms with Crippen molar-refractivity contribution in [1.82, 2.24) is 0 Å². The van der Waals surface area contributed by atoms with E-state index in [0.717, 1.165) is 12.8 Å². The molecule has 2 aliphatic heterocycles. The molecule has 2 aliphatic carbocycles. The Bertz CT molecular complexity index is 1010. The van der Waals surface area contributed by atoms with Gasteiger partial charge in [-0.1, -0.05) is 26.8 Å². The molecule has 0 amide bonds. The maximum Gasteiger partial charge on any atom is 0.332 e. The summed E-state index contributed by atoms with van der Waals surface area (Å²) in [4.78, 5) is 25.4. The van der Waals surface area contributed by atoms with Crippen LogP contribution in [-0.2, 0) is 38.0 Å². The summed E-state index contributed by atoms with van der Waals surface area (Å²) in [6.07, 6.45) is 6.96. The first-order chi connectivity index (χ1) is 18.0. The average molecular weight is 535 g/mol. The van der Waals surface area contributed by atoms with Crippen molar-refractivity contribution >= 4 is 11.9 Å². The van der Waals surface area contributed by atoms with Crippen LogP contribution in [0.4, 0.5) is 0 Å². The van der Waals surface area contributed by atoms with Gasteiger partial charge in [0.2, 0.25) is 0 Å². The van der Waals surface area contributed by atoms with E-state index >= 15 is 0 Å². The van der Waals surface area contributed by atoms with E-state index in [1.54, 1.807) is 27.4 Å². The van der Waals surface area contributed by atoms with Crippen molar-refractivity contribution in [2.24, 2.45) is 29.6 Å². The molecule has 3 fully saturated rings. The van der Waals surface area contributed by atoms with E-state index in [1.165, 1.54) is 6.08 Å². The number of allylic oxidation sites excluding steroid dienone is 3. The van der Waals surface area contributed by atoms with E-state index in [-0.39, 0.29) is 23.7 Å². The molecule has 4 rings (SSSR count). The Labute approximate surface area is 225 Å². The van der Waals surface area contributed by atoms with Gasteiger partial charge in [0.15, 0.2) is 11.5 Å². The third-order valence-electron chi connectivity index (χ3n) is 9.21. The largest absolute Gasteiger partial charge is 0.497 e. The molecule has 38 heavy (non-hydrogen) atoms. The molecule has 9 nitrogen and oxygen atoms in total. The first kappa shape index (κ1) is 28.5. The van der Waals surface area contributed by atoms with E-state index in [2.05, 4.69) is 20.8 Å². The number of fused-ring (bicyclic) bond motifs is 4. The molecule has 4 aliphatic rings. The Morgan fingerprint density at radius 1 is 1.16 bits per heavy atom. The summed E-state index contributed by atoms with van der Waals surface area (Å²) >= 11 is 0. The molecule has 0 aromatic heterocycles. The zero-order valence-corrected chi connectivity index (χ0v) is 23.5. The number of ether oxygens (including phenoxy) is 6. The minimum absolute atomic E-state index is 0.00239. The molecule has 5 unspecified atom stereocenters. The SMILES string of the molecule is COC1=CC(/C=C/C(=O)O[C@H]2[C@@H]3C(C)CCC3[C@]3(C)OC2(C(C)C)CC3OC(=O)CO)CC(OC)=C1OC. The second-order valence-corrected chi connectivity index (χ2v) is 11.5. The number of rotatable bonds is 9. The van der Waals surface area contributed by atoms with E-state index in [9.17, 15) is 14.7 Å². The molecule has 0 aromatic carbocycles. The maximum absolute atomic E-state index is 13.3. The molecule has 1 N–H and O–H groups in total. The molecular weight excluding hydrogens is 492 g/mol. The predicted octanol–water partition coefficient (Wildman–Crippen LogP) is 3.66. The van der Waals surface area contributed by atoms with Crippen molar-refractivity contribution in [3.63, 3.8) is 0 Å². The van der Waals surface area contributed by atoms with Crippen molar-refractivity contribution in [2.75, 3.05) is 27.9 Å². The number of esters is 2. The minimum Gasteiger partial charge on any atom is -0.497 e. The van der Waals surface area contributed by atoms with Gasteiger partial charge in [0.25, 0.3) is 0 Å². The Morgan fingerprint density at radius 2 is 1.89 bits per heavy atom. The van der Waals surface area contributed by atoms with Crippen LogP contribution in [-0.4, -0.2) is 68.4 Å². The monoisotopic (exact) mass is 534 g/mol. The van der Waals surface area contributed by atoms with Gasteiger partial charge in [0.05, 0.1) is 21.3 Å². The standard InChI is InChI=1S/C29H42O9/c1-16(2)29-14-22(36-24(32)15-30)28(4,38-29)19-10-8-17(3)25(19)27(29)37-23(31)11-9-18-12-20(33-5)26(35-7)21(13-18)34-6/h9,11-12,16-19,22,25,27,30H,8,10,13-15H2,1-7H3/b11-9+/t17?,18?,19?,22?,25-,27+,28+,29?/m1/s1. The second kappa shape index (κ2) is 10.9. The fourth-order valence-corrected chi connectivity index (χ4v) is 7.26. The van der Waals surface area contributed by atoms with Gasteiger partial charge < -0.3 is 33.5 Å². The number of aliphatic hydroxyl groups is 1. The number of carbonyl (C=O) groups is 2. The lowest BCUT2D eigenvalue weighted by atomic mass is 9.69. The number of hydrogen-bond acceptors (Lipinski definition) is 9. The van der Waals surface area contributed by atoms with Crippen molar-refractivity contribution in [3.8, 4) is 0 Å². The smallest absolute Gasteiger partial charge is 0.332 e. The number of hydrogen-bond donors (Lipinski definition) is 1. The van der Waals surface area contributed by atoms with Crippen LogP contribution in [0.25, 0.3) is 0 Å². The van der Waals surface area contributed by atoms with Crippen molar-refractivity contribution in [2.45, 2.75) is 76.8 Å². The van der Waals surface area contributed by atoms with Crippen molar-refractivity contribution in [1.29, 1.82) is 0 Å². The van der Waals surface area contributed by atoms with E-state index < -0.39 is 42.0 Å². The molecule has 0 aromatic rings. The molecule has 212 valence electrons. The van der Waals surface area contributed by atoms with Crippen LogP contribution >= 0.6 is 0 Å². The summed E-state index contributed by atoms with van der Waals surface area (Å²) < 4.78 is 35.2. The van der Waals surface area contributed by atoms with Crippen molar-refractivity contribution < 1.29 is 43.1 Å². The third-order valence-corrected chi connectivity index (χ3v) is 9.21. The van der Waals surface area contributed by atoms with Crippen LogP contribution in [0.1, 0.15) is 53.4 Å². The molecule has 2 saturated heterocycles. The van der Waals surface area contributed by atoms with Crippen LogP contribution in [0.15, 0.2) is 35.5 Å². The quantitative estimate of drug-likeness (QED) is 0.350. The van der Waals surface area contributed by atoms with Gasteiger partial charge in [-0.3, -0.25) is 0 Å². The topological polar surface area (TPSA) is 110 Å². The minimum atomic E-state index is -0.800. The first-order valence-corrected chi connectivity index (χ1v) is 13.5. The van der Waals surface area contributed by atoms with Gasteiger partial charge in [-0.25, -0.2) is 9.59 Å². The highest BCUT2D eigenvalue weighted by Crippen LogP contribution is 2.63. The summed E-state index contributed by atoms with van der Waals surface area (Å²) in [5.41, 5.74) is -1.50. The Kier molecular flexibility index (Phi) is 8.19. The Balaban J connectivity index is 1.59. The fraction of sp³-hybridized carbons (Fsp3) is 0.724. The first-order valence-electron chi connectivity index (χ1n) is 13.5. The lowest BCUT2D eigenvalue weighted by Gasteiger charge is -2.52. The van der Waals surface area contributed by atoms with E-state index in [0.29, 0.717) is 36.0 Å². The highest BCUT2D eigenvalue weighted by molar-refractivity contribution is 5.82. The van der Waals surface area contributed by atoms with Gasteiger partial charge in [-0.2, -0.15) is 0 Å². The number of aliphatic hydroxyl groups excluding tert-OH is 1. The summed E-state index contributed by atoms with van der Waals surface area (Å²) in [6.45, 7) is 7.64. The van der Waals surface area contributed by atoms with Crippen LogP contribution < -0.4 is 0 Å². The fourth-order valence-electron chi connectivity index (χ4n) is 7.26. The Hall–Kier alpha value is -2.52. The molecular formula is C29H42O9. The van der Waals surface area contributed by atoms with Crippen LogP contribution in [0.5, 0.6) is 0 Å². The van der Waals surface area contributed by atoms with E-state index in [1.807, 2.05) is 13.0 Å². The summed E-state index contributed by atoms with van der Waals surface area (Å²) in [6, 6.07) is 0. The highest BCUT2D eigenvalue weighted by atomic mass is 16.6. The number of methoxy groups -OCH3 is 3. The predicted molar refractivity (Wildman–Crippen MR) is 137 cm³/mol. The van der Waals surface area contributed by atoms with Gasteiger partial charge in [0.1, 0.15) is 35.8 Å². The van der Waals surface area contributed by atoms with Crippen LogP contribution in [0.3, 0.4) is 0 Å². The van der Waals surface area contributed by atoms with Crippen LogP contribution in [0.2, 0.25) is 0 Å². The normalized spacial score (nSPS) is 38.2. The Morgan fingerprint density at radius 3 is 2.50 bits per heavy atom. The lowest BCUT2D eigenvalue weighted by Crippen LogP contribution is -2.62. The van der Waals surface area contributed by atoms with Gasteiger partial charge in [0, 0.05) is 30.8 Å². The third kappa shape index (κ3) is 4.72. The number of carbonyl (C=O) groups excluding carboxylic acids is 2. The zero-order valence-electron chi connectivity index (χ0n) is 23.5. The van der Waals surface area contributed by atoms with Gasteiger partial charge in [-0.05, 0) is 43.6 Å². The average Bonchev–Trinajstić information content (AvgIpc) is 3.42. The van der Waals surface area contributed by atoms with E-state index in [4.69, 9.17) is 28.4 Å². The molecule has 1 saturated carbocycles. The van der Waals surface area contributed by atoms with Gasteiger partial charge in [-0.15, -0.1) is 0 Å². The van der Waals surface area contributed by atoms with Crippen molar-refractivity contribution in [3.05, 3.63) is 35.5 Å². The zero-order chi connectivity index (χ0) is 27.8. The summed E-state index contributed by atoms with van der Waals surface area (Å²) in [5.74, 6) is 0.966. The molecule has 8 atom stereocenters. The van der Waals surface area contributed by atoms with Gasteiger partial charge >= 0.3 is 11.9 Å². The molecule has 2 bridgehead atoms. The highest BCUT2D eigenvalue weighted by Gasteiger charge is 2.72. The molecule has 0 spiro atoms. The van der Waals surface area contributed by atoms with Crippen LogP contribution in [0, 0.1) is 29.6 Å². The lowest BCUT2D eigenvalue weighted by molar-refractivity contribution is -0.264. The summed E-state index contributed by atoms with van der Waals surface area (Å²) in [7, 11) is 4.70.